The number of furan rings is 1. The summed E-state index contributed by atoms with van der Waals surface area (Å²) in [6, 6.07) is 12.5. The second-order valence-electron chi connectivity index (χ2n) is 6.36. The Kier molecular flexibility index (Phi) is 2.34. The van der Waals surface area contributed by atoms with Gasteiger partial charge in [-0.2, -0.15) is 0 Å². The maximum Gasteiger partial charge on any atom is 0.136 e. The van der Waals surface area contributed by atoms with E-state index in [1.165, 1.54) is 18.4 Å². The van der Waals surface area contributed by atoms with Gasteiger partial charge in [0.2, 0.25) is 0 Å². The molecule has 2 aliphatic rings. The molecule has 3 aromatic rings. The molecule has 1 nitrogen and oxygen atoms in total. The van der Waals surface area contributed by atoms with Crippen LogP contribution in [-0.2, 0) is 0 Å². The predicted octanol–water partition coefficient (Wildman–Crippen LogP) is 5.92. The quantitative estimate of drug-likeness (QED) is 0.508. The smallest absolute Gasteiger partial charge is 0.136 e. The Labute approximate surface area is 128 Å². The van der Waals surface area contributed by atoms with Crippen molar-refractivity contribution in [2.75, 3.05) is 0 Å². The summed E-state index contributed by atoms with van der Waals surface area (Å²) in [5, 5.41) is 2.98. The van der Waals surface area contributed by atoms with Crippen molar-refractivity contribution in [2.24, 2.45) is 11.8 Å². The molecule has 3 unspecified atom stereocenters. The highest BCUT2D eigenvalue weighted by Gasteiger charge is 2.36. The average Bonchev–Trinajstić information content (AvgIpc) is 3.20. The van der Waals surface area contributed by atoms with Gasteiger partial charge in [-0.25, -0.2) is 0 Å². The lowest BCUT2D eigenvalue weighted by atomic mass is 9.86. The Balaban J connectivity index is 1.73. The van der Waals surface area contributed by atoms with E-state index in [-0.39, 0.29) is 0 Å². The SMILES string of the molecule is Clc1cccc2oc3ccc(C4CC5C=CC4C5)cc3c12. The number of benzene rings is 2. The summed E-state index contributed by atoms with van der Waals surface area (Å²) in [5.41, 5.74) is 3.24. The molecule has 1 aromatic heterocycles. The van der Waals surface area contributed by atoms with Crippen LogP contribution in [0, 0.1) is 11.8 Å². The Hall–Kier alpha value is -1.73. The molecule has 0 spiro atoms. The zero-order valence-corrected chi connectivity index (χ0v) is 12.3. The molecule has 0 radical (unpaired) electrons. The van der Waals surface area contributed by atoms with Crippen LogP contribution in [0.2, 0.25) is 5.02 Å². The summed E-state index contributed by atoms with van der Waals surface area (Å²) in [6.07, 6.45) is 7.42. The van der Waals surface area contributed by atoms with Crippen LogP contribution in [0.15, 0.2) is 53.0 Å². The van der Waals surface area contributed by atoms with Gasteiger partial charge in [-0.1, -0.05) is 35.9 Å². The summed E-state index contributed by atoms with van der Waals surface area (Å²) in [6.45, 7) is 0. The van der Waals surface area contributed by atoms with E-state index >= 15 is 0 Å². The minimum absolute atomic E-state index is 0.664. The lowest BCUT2D eigenvalue weighted by molar-refractivity contribution is 0.586. The summed E-state index contributed by atoms with van der Waals surface area (Å²) < 4.78 is 5.91. The van der Waals surface area contributed by atoms with Crippen molar-refractivity contribution in [3.8, 4) is 0 Å². The van der Waals surface area contributed by atoms with Crippen molar-refractivity contribution < 1.29 is 4.42 Å². The minimum Gasteiger partial charge on any atom is -0.456 e. The van der Waals surface area contributed by atoms with E-state index in [0.717, 1.165) is 38.8 Å². The molecule has 21 heavy (non-hydrogen) atoms. The molecule has 2 heteroatoms. The molecule has 3 atom stereocenters. The largest absolute Gasteiger partial charge is 0.456 e. The molecule has 1 fully saturated rings. The molecular weight excluding hydrogens is 280 g/mol. The van der Waals surface area contributed by atoms with Gasteiger partial charge >= 0.3 is 0 Å². The average molecular weight is 295 g/mol. The van der Waals surface area contributed by atoms with E-state index in [2.05, 4.69) is 30.4 Å². The van der Waals surface area contributed by atoms with Crippen molar-refractivity contribution in [1.82, 2.24) is 0 Å². The van der Waals surface area contributed by atoms with Crippen molar-refractivity contribution in [2.45, 2.75) is 18.8 Å². The van der Waals surface area contributed by atoms with Crippen LogP contribution in [0.1, 0.15) is 24.3 Å². The molecule has 5 rings (SSSR count). The highest BCUT2D eigenvalue weighted by atomic mass is 35.5. The molecule has 2 bridgehead atoms. The van der Waals surface area contributed by atoms with Crippen LogP contribution in [0.4, 0.5) is 0 Å². The first-order chi connectivity index (χ1) is 10.3. The maximum absolute atomic E-state index is 6.38. The van der Waals surface area contributed by atoms with Crippen LogP contribution in [0.5, 0.6) is 0 Å². The lowest BCUT2D eigenvalue weighted by Gasteiger charge is -2.18. The van der Waals surface area contributed by atoms with E-state index < -0.39 is 0 Å². The van der Waals surface area contributed by atoms with Crippen LogP contribution in [0.25, 0.3) is 21.9 Å². The molecule has 0 saturated heterocycles. The van der Waals surface area contributed by atoms with E-state index in [9.17, 15) is 0 Å². The molecule has 0 amide bonds. The normalized spacial score (nSPS) is 27.2. The van der Waals surface area contributed by atoms with Gasteiger partial charge in [-0.3, -0.25) is 0 Å². The highest BCUT2D eigenvalue weighted by molar-refractivity contribution is 6.37. The summed E-state index contributed by atoms with van der Waals surface area (Å²) in [4.78, 5) is 0. The van der Waals surface area contributed by atoms with E-state index in [0.29, 0.717) is 5.92 Å². The van der Waals surface area contributed by atoms with Crippen LogP contribution in [0.3, 0.4) is 0 Å². The van der Waals surface area contributed by atoms with Crippen LogP contribution in [-0.4, -0.2) is 0 Å². The second kappa shape index (κ2) is 4.14. The molecule has 0 N–H and O–H groups in total. The third-order valence-corrected chi connectivity index (χ3v) is 5.49. The zero-order chi connectivity index (χ0) is 14.0. The van der Waals surface area contributed by atoms with Gasteiger partial charge in [-0.05, 0) is 60.4 Å². The Bertz CT molecular complexity index is 889. The maximum atomic E-state index is 6.38. The van der Waals surface area contributed by atoms with Gasteiger partial charge in [0.25, 0.3) is 0 Å². The van der Waals surface area contributed by atoms with Gasteiger partial charge in [-0.15, -0.1) is 0 Å². The molecule has 0 aliphatic heterocycles. The number of fused-ring (bicyclic) bond motifs is 5. The first-order valence-electron chi connectivity index (χ1n) is 7.58. The lowest BCUT2D eigenvalue weighted by Crippen LogP contribution is -2.04. The third kappa shape index (κ3) is 1.64. The van der Waals surface area contributed by atoms with Gasteiger partial charge in [0.1, 0.15) is 11.2 Å². The van der Waals surface area contributed by atoms with Crippen molar-refractivity contribution in [3.63, 3.8) is 0 Å². The fourth-order valence-corrected chi connectivity index (χ4v) is 4.46. The Morgan fingerprint density at radius 1 is 1.00 bits per heavy atom. The monoisotopic (exact) mass is 294 g/mol. The third-order valence-electron chi connectivity index (χ3n) is 5.18. The first kappa shape index (κ1) is 11.9. The molecule has 2 aromatic carbocycles. The zero-order valence-electron chi connectivity index (χ0n) is 11.6. The summed E-state index contributed by atoms with van der Waals surface area (Å²) in [5.74, 6) is 2.18. The molecule has 1 saturated carbocycles. The minimum atomic E-state index is 0.664. The van der Waals surface area contributed by atoms with Crippen molar-refractivity contribution in [1.29, 1.82) is 0 Å². The Morgan fingerprint density at radius 2 is 1.95 bits per heavy atom. The second-order valence-corrected chi connectivity index (χ2v) is 6.76. The molecular formula is C19H15ClO. The van der Waals surface area contributed by atoms with E-state index in [1.54, 1.807) is 0 Å². The molecule has 104 valence electrons. The Morgan fingerprint density at radius 3 is 2.76 bits per heavy atom. The number of hydrogen-bond donors (Lipinski definition) is 0. The van der Waals surface area contributed by atoms with Crippen molar-refractivity contribution in [3.05, 3.63) is 59.1 Å². The topological polar surface area (TPSA) is 13.1 Å². The highest BCUT2D eigenvalue weighted by Crippen LogP contribution is 2.49. The van der Waals surface area contributed by atoms with Crippen molar-refractivity contribution >= 4 is 33.5 Å². The van der Waals surface area contributed by atoms with Gasteiger partial charge in [0, 0.05) is 10.8 Å². The number of allylic oxidation sites excluding steroid dienone is 2. The molecule has 2 aliphatic carbocycles. The van der Waals surface area contributed by atoms with Crippen LogP contribution >= 0.6 is 11.6 Å². The summed E-state index contributed by atoms with van der Waals surface area (Å²) in [7, 11) is 0. The summed E-state index contributed by atoms with van der Waals surface area (Å²) >= 11 is 6.38. The van der Waals surface area contributed by atoms with Crippen LogP contribution < -0.4 is 0 Å². The van der Waals surface area contributed by atoms with Gasteiger partial charge < -0.3 is 4.42 Å². The number of halogens is 1. The predicted molar refractivity (Wildman–Crippen MR) is 86.8 cm³/mol. The fraction of sp³-hybridized carbons (Fsp3) is 0.263. The molecule has 1 heterocycles. The van der Waals surface area contributed by atoms with Gasteiger partial charge in [0.05, 0.1) is 5.02 Å². The van der Waals surface area contributed by atoms with Gasteiger partial charge in [0.15, 0.2) is 0 Å². The number of hydrogen-bond acceptors (Lipinski definition) is 1. The first-order valence-corrected chi connectivity index (χ1v) is 7.96. The standard InChI is InChI=1S/C19H15ClO/c20-16-2-1-3-18-19(16)15-10-13(6-7-17(15)21-18)14-9-11-4-5-12(14)8-11/h1-7,10-12,14H,8-9H2. The number of rotatable bonds is 1. The fourth-order valence-electron chi connectivity index (χ4n) is 4.20. The van der Waals surface area contributed by atoms with E-state index in [1.807, 2.05) is 18.2 Å². The van der Waals surface area contributed by atoms with E-state index in [4.69, 9.17) is 16.0 Å².